The summed E-state index contributed by atoms with van der Waals surface area (Å²) in [5.74, 6) is -2.73. The van der Waals surface area contributed by atoms with Gasteiger partial charge in [0.25, 0.3) is 0 Å². The van der Waals surface area contributed by atoms with Crippen molar-refractivity contribution >= 4 is 47.0 Å². The first-order chi connectivity index (χ1) is 37.7. The predicted molar refractivity (Wildman–Crippen MR) is 298 cm³/mol. The molecule has 2 aromatic carbocycles. The van der Waals surface area contributed by atoms with Crippen molar-refractivity contribution in [3.05, 3.63) is 70.8 Å². The van der Waals surface area contributed by atoms with Gasteiger partial charge < -0.3 is 36.4 Å². The lowest BCUT2D eigenvalue weighted by Gasteiger charge is -2.35. The molecule has 3 saturated carbocycles. The van der Waals surface area contributed by atoms with Crippen molar-refractivity contribution in [3.63, 3.8) is 0 Å². The maximum atomic E-state index is 15.0. The predicted octanol–water partition coefficient (Wildman–Crippen LogP) is 7.54. The minimum atomic E-state index is -0.805. The summed E-state index contributed by atoms with van der Waals surface area (Å²) in [4.78, 5) is 118. The molecular formula is C63H89N7O8. The van der Waals surface area contributed by atoms with Gasteiger partial charge in [-0.25, -0.2) is 0 Å². The van der Waals surface area contributed by atoms with Gasteiger partial charge in [0, 0.05) is 55.6 Å². The number of nitrogens with one attached hydrogen (secondary N) is 5. The third kappa shape index (κ3) is 13.2. The van der Waals surface area contributed by atoms with Crippen molar-refractivity contribution in [1.82, 2.24) is 36.4 Å². The van der Waals surface area contributed by atoms with Gasteiger partial charge in [-0.05, 0) is 150 Å². The quantitative estimate of drug-likeness (QED) is 0.0888. The number of likely N-dealkylation sites (N-methyl/N-ethyl adjacent to an activating group) is 1. The number of nitrogens with zero attached hydrogens (tertiary/aromatic N) is 2. The van der Waals surface area contributed by atoms with Gasteiger partial charge in [-0.1, -0.05) is 101 Å². The lowest BCUT2D eigenvalue weighted by atomic mass is 9.76. The van der Waals surface area contributed by atoms with Gasteiger partial charge >= 0.3 is 0 Å². The first-order valence-corrected chi connectivity index (χ1v) is 30.4. The van der Waals surface area contributed by atoms with Crippen LogP contribution in [0.5, 0.6) is 0 Å². The van der Waals surface area contributed by atoms with Crippen LogP contribution in [-0.4, -0.2) is 107 Å². The molecule has 424 valence electrons. The first kappa shape index (κ1) is 57.3. The van der Waals surface area contributed by atoms with E-state index in [2.05, 4.69) is 44.8 Å². The van der Waals surface area contributed by atoms with Crippen LogP contribution in [0.2, 0.25) is 0 Å². The van der Waals surface area contributed by atoms with E-state index in [1.165, 1.54) is 11.1 Å². The summed E-state index contributed by atoms with van der Waals surface area (Å²) in [6.45, 7) is 6.08. The molecule has 0 bridgehead atoms. The zero-order valence-electron chi connectivity index (χ0n) is 47.0. The van der Waals surface area contributed by atoms with E-state index < -0.39 is 36.1 Å². The Hall–Kier alpha value is -5.44. The molecule has 0 aromatic heterocycles. The standard InChI is InChI=1S/C63H89N7O8/c1-5-38(2)58(73)68-57(45-20-10-7-11-21-45)63(78)69-36-40(32-53(69)60(75)66-51-30-28-42-18-12-14-22-48(42)51)33-56(72)44-24-26-46(27-25-44)59(74)65-47-34-54(61(76)67-52-31-29-43-19-13-15-23-49(43)52)70(37-47)62(77)50(35-55(71)39(3)64-4)41-16-8-6-9-17-41/h12-15,18-19,22-23,38-41,44-47,50-54,57,64H,5-11,16-17,20-21,24-37H2,1-4H3,(H,65,74)(H,66,75)(H,67,76)(H,68,73)/t38-,39+,40-,44?,46?,47+,50+,51-,52-,53+,54+,57+/m1/s1. The molecule has 5 N–H and O–H groups in total. The van der Waals surface area contributed by atoms with Crippen LogP contribution in [0.3, 0.4) is 0 Å². The van der Waals surface area contributed by atoms with Crippen LogP contribution in [0.25, 0.3) is 0 Å². The van der Waals surface area contributed by atoms with E-state index in [9.17, 15) is 38.4 Å². The highest BCUT2D eigenvalue weighted by atomic mass is 16.2. The molecule has 5 aliphatic carbocycles. The average molecular weight is 1070 g/mol. The van der Waals surface area contributed by atoms with Crippen LogP contribution in [0.4, 0.5) is 0 Å². The number of fused-ring (bicyclic) bond motifs is 2. The molecule has 2 heterocycles. The van der Waals surface area contributed by atoms with Gasteiger partial charge in [0.1, 0.15) is 29.7 Å². The molecule has 15 heteroatoms. The highest BCUT2D eigenvalue weighted by Gasteiger charge is 2.48. The molecule has 10 atom stereocenters. The van der Waals surface area contributed by atoms with Crippen LogP contribution in [0, 0.1) is 41.4 Å². The SMILES string of the molecule is CC[C@@H](C)C(=O)N[C@H](C(=O)N1C[C@@H](CC(=O)C2CCC(C(=O)N[C@H]3C[C@@H](C(=O)N[C@@H]4CCc5ccccc54)N(C(=O)[C@@H](CC(=O)[C@H](C)NC)C4CCCCC4)C3)CC2)C[C@H]1C(=O)N[C@@H]1CCc2ccccc21)C1CCCCC1. The molecule has 6 amide bonds. The van der Waals surface area contributed by atoms with E-state index in [4.69, 9.17) is 0 Å². The van der Waals surface area contributed by atoms with E-state index in [1.54, 1.807) is 16.8 Å². The third-order valence-corrected chi connectivity index (χ3v) is 19.8. The summed E-state index contributed by atoms with van der Waals surface area (Å²) in [6.07, 6.45) is 16.5. The first-order valence-electron chi connectivity index (χ1n) is 30.4. The van der Waals surface area contributed by atoms with Crippen molar-refractivity contribution in [2.45, 2.75) is 211 Å². The van der Waals surface area contributed by atoms with Gasteiger partial charge in [-0.3, -0.25) is 38.4 Å². The summed E-state index contributed by atoms with van der Waals surface area (Å²) >= 11 is 0. The van der Waals surface area contributed by atoms with Crippen molar-refractivity contribution in [1.29, 1.82) is 0 Å². The molecule has 78 heavy (non-hydrogen) atoms. The molecule has 9 rings (SSSR count). The van der Waals surface area contributed by atoms with Crippen LogP contribution in [-0.2, 0) is 51.2 Å². The molecule has 0 unspecified atom stereocenters. The molecule has 2 saturated heterocycles. The van der Waals surface area contributed by atoms with E-state index in [1.807, 2.05) is 51.1 Å². The number of likely N-dealkylation sites (tertiary alicyclic amines) is 2. The van der Waals surface area contributed by atoms with E-state index in [0.29, 0.717) is 38.5 Å². The summed E-state index contributed by atoms with van der Waals surface area (Å²) in [5, 5.41) is 16.0. The van der Waals surface area contributed by atoms with Crippen molar-refractivity contribution in [2.24, 2.45) is 41.4 Å². The number of rotatable bonds is 20. The van der Waals surface area contributed by atoms with Crippen LogP contribution >= 0.6 is 0 Å². The highest BCUT2D eigenvalue weighted by Crippen LogP contribution is 2.39. The maximum Gasteiger partial charge on any atom is 0.246 e. The monoisotopic (exact) mass is 1070 g/mol. The summed E-state index contributed by atoms with van der Waals surface area (Å²) in [6, 6.07) is 12.7. The second kappa shape index (κ2) is 26.2. The number of amides is 6. The lowest BCUT2D eigenvalue weighted by molar-refractivity contribution is -0.145. The summed E-state index contributed by atoms with van der Waals surface area (Å²) < 4.78 is 0. The van der Waals surface area contributed by atoms with Gasteiger partial charge in [0.15, 0.2) is 0 Å². The number of ketones is 2. The van der Waals surface area contributed by atoms with E-state index >= 15 is 0 Å². The fourth-order valence-corrected chi connectivity index (χ4v) is 14.7. The third-order valence-electron chi connectivity index (χ3n) is 19.8. The Bertz CT molecular complexity index is 2330. The number of hydrogen-bond acceptors (Lipinski definition) is 9. The number of carbonyl (C=O) groups excluding carboxylic acids is 8. The van der Waals surface area contributed by atoms with Crippen molar-refractivity contribution < 1.29 is 38.4 Å². The molecule has 7 aliphatic rings. The van der Waals surface area contributed by atoms with E-state index in [0.717, 1.165) is 101 Å². The smallest absolute Gasteiger partial charge is 0.246 e. The van der Waals surface area contributed by atoms with Crippen molar-refractivity contribution in [3.8, 4) is 0 Å². The van der Waals surface area contributed by atoms with Crippen LogP contribution in [0.15, 0.2) is 48.5 Å². The maximum absolute atomic E-state index is 15.0. The second-order valence-electron chi connectivity index (χ2n) is 24.8. The number of benzene rings is 2. The Morgan fingerprint density at radius 1 is 0.590 bits per heavy atom. The Balaban J connectivity index is 0.847. The minimum absolute atomic E-state index is 0.0245. The summed E-state index contributed by atoms with van der Waals surface area (Å²) in [5.41, 5.74) is 4.60. The number of hydrogen-bond donors (Lipinski definition) is 5. The molecular weight excluding hydrogens is 983 g/mol. The fourth-order valence-electron chi connectivity index (χ4n) is 14.7. The zero-order chi connectivity index (χ0) is 55.0. The Morgan fingerprint density at radius 2 is 1.13 bits per heavy atom. The topological polar surface area (TPSA) is 203 Å². The number of Topliss-reactive ketones (excluding diaryl/α,β-unsaturated/α-hetero) is 2. The lowest BCUT2D eigenvalue weighted by Crippen LogP contribution is -2.57. The second-order valence-corrected chi connectivity index (χ2v) is 24.8. The molecule has 0 spiro atoms. The minimum Gasteiger partial charge on any atom is -0.351 e. The fraction of sp³-hybridized carbons (Fsp3) is 0.683. The van der Waals surface area contributed by atoms with Gasteiger partial charge in [-0.2, -0.15) is 0 Å². The summed E-state index contributed by atoms with van der Waals surface area (Å²) in [7, 11) is 1.74. The van der Waals surface area contributed by atoms with Crippen LogP contribution in [0.1, 0.15) is 190 Å². The van der Waals surface area contributed by atoms with E-state index in [-0.39, 0.29) is 127 Å². The molecule has 15 nitrogen and oxygen atoms in total. The Morgan fingerprint density at radius 3 is 1.71 bits per heavy atom. The molecule has 2 aromatic rings. The number of carbonyl (C=O) groups is 8. The Labute approximate surface area is 463 Å². The molecule has 5 fully saturated rings. The van der Waals surface area contributed by atoms with Gasteiger partial charge in [0.2, 0.25) is 35.4 Å². The molecule has 2 aliphatic heterocycles. The van der Waals surface area contributed by atoms with Gasteiger partial charge in [-0.15, -0.1) is 0 Å². The van der Waals surface area contributed by atoms with Crippen molar-refractivity contribution in [2.75, 3.05) is 20.1 Å². The number of aryl methyl sites for hydroxylation is 2. The largest absolute Gasteiger partial charge is 0.351 e. The highest BCUT2D eigenvalue weighted by molar-refractivity contribution is 5.95. The Kier molecular flexibility index (Phi) is 19.2. The normalized spacial score (nSPS) is 27.9. The molecule has 0 radical (unpaired) electrons. The zero-order valence-corrected chi connectivity index (χ0v) is 47.0. The van der Waals surface area contributed by atoms with Gasteiger partial charge in [0.05, 0.1) is 18.1 Å². The average Bonchev–Trinajstić information content (AvgIpc) is 4.31. The van der Waals surface area contributed by atoms with Crippen LogP contribution < -0.4 is 26.6 Å².